The van der Waals surface area contributed by atoms with E-state index in [9.17, 15) is 4.79 Å². The molecule has 0 saturated carbocycles. The van der Waals surface area contributed by atoms with Gasteiger partial charge in [-0.05, 0) is 0 Å². The van der Waals surface area contributed by atoms with Crippen LogP contribution >= 0.6 is 7.49 Å². The van der Waals surface area contributed by atoms with Crippen LogP contribution in [0.5, 0.6) is 0 Å². The second-order valence-electron chi connectivity index (χ2n) is 3.07. The van der Waals surface area contributed by atoms with E-state index in [-0.39, 0.29) is 5.97 Å². The summed E-state index contributed by atoms with van der Waals surface area (Å²) in [5.74, 6) is -0.0211. The van der Waals surface area contributed by atoms with Gasteiger partial charge in [0.05, 0.1) is 0 Å². The Kier molecular flexibility index (Phi) is 5.48. The van der Waals surface area contributed by atoms with E-state index < -0.39 is 7.49 Å². The van der Waals surface area contributed by atoms with Gasteiger partial charge in [0.2, 0.25) is 0 Å². The summed E-state index contributed by atoms with van der Waals surface area (Å²) in [5, 5.41) is 0. The maximum atomic E-state index is 11.1. The van der Waals surface area contributed by atoms with Gasteiger partial charge in [0.25, 0.3) is 0 Å². The molecule has 0 unspecified atom stereocenters. The monoisotopic (exact) mass is 192 g/mol. The Morgan fingerprint density at radius 1 is 1.08 bits per heavy atom. The van der Waals surface area contributed by atoms with E-state index in [4.69, 9.17) is 4.52 Å². The molecule has 0 heterocycles. The second kappa shape index (κ2) is 5.53. The molecule has 0 saturated heterocycles. The van der Waals surface area contributed by atoms with Crippen LogP contribution in [-0.2, 0) is 9.32 Å². The Morgan fingerprint density at radius 3 is 1.75 bits per heavy atom. The molecular weight excluding hydrogens is 171 g/mol. The van der Waals surface area contributed by atoms with Crippen molar-refractivity contribution in [2.24, 2.45) is 0 Å². The van der Waals surface area contributed by atoms with Crippen LogP contribution in [0.1, 0.15) is 34.1 Å². The molecule has 74 valence electrons. The minimum atomic E-state index is -1.65. The molecule has 0 aliphatic carbocycles. The third kappa shape index (κ3) is 3.10. The first-order chi connectivity index (χ1) is 5.64. The maximum absolute atomic E-state index is 11.1. The van der Waals surface area contributed by atoms with Gasteiger partial charge in [-0.3, -0.25) is 0 Å². The summed E-state index contributed by atoms with van der Waals surface area (Å²) in [6.07, 6.45) is 3.65. The van der Waals surface area contributed by atoms with Gasteiger partial charge in [-0.2, -0.15) is 0 Å². The molecule has 0 fully saturated rings. The fourth-order valence-corrected chi connectivity index (χ4v) is 3.84. The van der Waals surface area contributed by atoms with Crippen LogP contribution in [-0.4, -0.2) is 24.5 Å². The van der Waals surface area contributed by atoms with E-state index in [0.717, 1.165) is 18.5 Å². The van der Waals surface area contributed by atoms with Crippen molar-refractivity contribution in [1.82, 2.24) is 0 Å². The van der Waals surface area contributed by atoms with E-state index in [1.165, 1.54) is 0 Å². The molecule has 0 bridgehead atoms. The first kappa shape index (κ1) is 11.9. The van der Waals surface area contributed by atoms with Crippen LogP contribution in [0.15, 0.2) is 0 Å². The quantitative estimate of drug-likeness (QED) is 0.626. The second-order valence-corrected chi connectivity index (χ2v) is 7.76. The Hall–Kier alpha value is -0.100. The average molecular weight is 192 g/mol. The molecule has 0 aliphatic heterocycles. The standard InChI is InChI=1S/C9H21O2P/c1-5-9(10)11-12(6-2,7-3)8-4/h12H,5-8H2,1-4H3. The van der Waals surface area contributed by atoms with Gasteiger partial charge in [0.1, 0.15) is 0 Å². The molecule has 0 rings (SSSR count). The summed E-state index contributed by atoms with van der Waals surface area (Å²) in [4.78, 5) is 11.1. The van der Waals surface area contributed by atoms with Crippen molar-refractivity contribution >= 4 is 13.5 Å². The fraction of sp³-hybridized carbons (Fsp3) is 0.889. The Morgan fingerprint density at radius 2 is 1.50 bits per heavy atom. The van der Waals surface area contributed by atoms with E-state index in [1.807, 2.05) is 6.92 Å². The summed E-state index contributed by atoms with van der Waals surface area (Å²) in [7, 11) is -1.65. The van der Waals surface area contributed by atoms with E-state index in [2.05, 4.69) is 20.8 Å². The van der Waals surface area contributed by atoms with Crippen LogP contribution in [0.2, 0.25) is 0 Å². The van der Waals surface area contributed by atoms with Gasteiger partial charge in [-0.25, -0.2) is 0 Å². The van der Waals surface area contributed by atoms with Crippen molar-refractivity contribution in [3.63, 3.8) is 0 Å². The van der Waals surface area contributed by atoms with Crippen molar-refractivity contribution in [3.05, 3.63) is 0 Å². The molecule has 0 amide bonds. The number of carbonyl (C=O) groups is 1. The molecule has 0 N–H and O–H groups in total. The van der Waals surface area contributed by atoms with Gasteiger partial charge in [-0.15, -0.1) is 0 Å². The third-order valence-corrected chi connectivity index (χ3v) is 7.08. The first-order valence-electron chi connectivity index (χ1n) is 4.86. The molecule has 0 aromatic heterocycles. The summed E-state index contributed by atoms with van der Waals surface area (Å²) in [6.45, 7) is 8.23. The molecule has 0 aromatic carbocycles. The molecule has 0 spiro atoms. The van der Waals surface area contributed by atoms with Crippen LogP contribution in [0.3, 0.4) is 0 Å². The van der Waals surface area contributed by atoms with Crippen LogP contribution < -0.4 is 0 Å². The molecule has 0 atom stereocenters. The molecule has 3 heteroatoms. The van der Waals surface area contributed by atoms with Gasteiger partial charge < -0.3 is 0 Å². The van der Waals surface area contributed by atoms with Crippen molar-refractivity contribution in [1.29, 1.82) is 0 Å². The predicted molar refractivity (Wildman–Crippen MR) is 56.3 cm³/mol. The van der Waals surface area contributed by atoms with E-state index >= 15 is 0 Å². The summed E-state index contributed by atoms with van der Waals surface area (Å²) < 4.78 is 5.53. The minimum absolute atomic E-state index is 0.0211. The number of hydrogen-bond acceptors (Lipinski definition) is 2. The number of hydrogen-bond donors (Lipinski definition) is 0. The Labute approximate surface area is 76.1 Å². The summed E-state index contributed by atoms with van der Waals surface area (Å²) in [5.41, 5.74) is 0. The molecule has 0 radical (unpaired) electrons. The van der Waals surface area contributed by atoms with E-state index in [0.29, 0.717) is 6.42 Å². The zero-order chi connectivity index (χ0) is 9.61. The molecule has 12 heavy (non-hydrogen) atoms. The topological polar surface area (TPSA) is 26.3 Å². The summed E-state index contributed by atoms with van der Waals surface area (Å²) in [6, 6.07) is 0. The van der Waals surface area contributed by atoms with Crippen LogP contribution in [0, 0.1) is 0 Å². The third-order valence-electron chi connectivity index (χ3n) is 2.55. The first-order valence-corrected chi connectivity index (χ1v) is 7.38. The average Bonchev–Trinajstić information content (AvgIpc) is 2.14. The fourth-order valence-electron chi connectivity index (χ4n) is 1.28. The zero-order valence-electron chi connectivity index (χ0n) is 8.64. The zero-order valence-corrected chi connectivity index (χ0v) is 9.64. The van der Waals surface area contributed by atoms with Crippen LogP contribution in [0.25, 0.3) is 0 Å². The van der Waals surface area contributed by atoms with Gasteiger partial charge in [0, 0.05) is 0 Å². The van der Waals surface area contributed by atoms with Crippen LogP contribution in [0.4, 0.5) is 0 Å². The van der Waals surface area contributed by atoms with Crippen molar-refractivity contribution < 1.29 is 9.32 Å². The Bertz CT molecular complexity index is 133. The predicted octanol–water partition coefficient (Wildman–Crippen LogP) is 2.66. The van der Waals surface area contributed by atoms with Crippen molar-refractivity contribution in [3.8, 4) is 0 Å². The van der Waals surface area contributed by atoms with Crippen molar-refractivity contribution in [2.75, 3.05) is 18.5 Å². The van der Waals surface area contributed by atoms with Crippen molar-refractivity contribution in [2.45, 2.75) is 34.1 Å². The Balaban J connectivity index is 4.19. The molecule has 2 nitrogen and oxygen atoms in total. The van der Waals surface area contributed by atoms with Gasteiger partial charge in [-0.1, -0.05) is 0 Å². The molecule has 0 aliphatic rings. The summed E-state index contributed by atoms with van der Waals surface area (Å²) >= 11 is 0. The van der Waals surface area contributed by atoms with Gasteiger partial charge >= 0.3 is 75.4 Å². The van der Waals surface area contributed by atoms with Gasteiger partial charge in [0.15, 0.2) is 0 Å². The molecular formula is C9H21O2P. The molecule has 0 aromatic rings. The normalized spacial score (nSPS) is 12.7. The van der Waals surface area contributed by atoms with E-state index in [1.54, 1.807) is 0 Å². The number of rotatable bonds is 5. The SMILES string of the molecule is CCC(=O)O[PH](CC)(CC)CC. The number of carbonyl (C=O) groups excluding carboxylic acids is 1.